The van der Waals surface area contributed by atoms with Crippen LogP contribution < -0.4 is 10.9 Å². The number of hydrogen-bond donors (Lipinski definition) is 2. The molecule has 2 aliphatic rings. The number of likely N-dealkylation sites (tertiary alicyclic amines) is 1. The highest BCUT2D eigenvalue weighted by Crippen LogP contribution is 2.35. The Morgan fingerprint density at radius 3 is 2.86 bits per heavy atom. The Bertz CT molecular complexity index is 981. The minimum absolute atomic E-state index is 0.145. The fraction of sp³-hybridized carbons (Fsp3) is 0.400. The summed E-state index contributed by atoms with van der Waals surface area (Å²) in [6.45, 7) is 1.59. The summed E-state index contributed by atoms with van der Waals surface area (Å²) in [5.74, 6) is 0.634. The Balaban J connectivity index is 1.20. The summed E-state index contributed by atoms with van der Waals surface area (Å²) in [5.41, 5.74) is 7.46. The molecule has 4 heterocycles. The monoisotopic (exact) mass is 432 g/mol. The number of nitrogens with one attached hydrogen (secondary N) is 2. The van der Waals surface area contributed by atoms with Crippen LogP contribution in [0.25, 0.3) is 10.2 Å². The lowest BCUT2D eigenvalue weighted by atomic mass is 9.96. The molecule has 0 saturated carbocycles. The van der Waals surface area contributed by atoms with Gasteiger partial charge in [-0.05, 0) is 48.9 Å². The van der Waals surface area contributed by atoms with Gasteiger partial charge in [0.25, 0.3) is 0 Å². The second kappa shape index (κ2) is 7.72. The summed E-state index contributed by atoms with van der Waals surface area (Å²) >= 11 is 9.56. The molecule has 1 amide bonds. The van der Waals surface area contributed by atoms with Crippen molar-refractivity contribution in [3.63, 3.8) is 0 Å². The van der Waals surface area contributed by atoms with E-state index in [0.29, 0.717) is 5.92 Å². The number of benzene rings is 1. The van der Waals surface area contributed by atoms with E-state index in [1.807, 2.05) is 23.1 Å². The van der Waals surface area contributed by atoms with Crippen molar-refractivity contribution in [2.24, 2.45) is 0 Å². The number of amides is 1. The van der Waals surface area contributed by atoms with Crippen LogP contribution in [0.5, 0.6) is 0 Å². The van der Waals surface area contributed by atoms with Crippen LogP contribution in [0.3, 0.4) is 0 Å². The van der Waals surface area contributed by atoms with Gasteiger partial charge in [0.15, 0.2) is 0 Å². The predicted molar refractivity (Wildman–Crippen MR) is 115 cm³/mol. The summed E-state index contributed by atoms with van der Waals surface area (Å²) in [7, 11) is 0. The standard InChI is InChI=1S/C20H21ClN4OS2/c21-13-3-4-18-14(10-13)22-19(28-18)12-5-7-25(8-6-12)20(26)16-11-15(23-24-16)17-2-1-9-27-17/h1-4,9-10,12,15-16,23-24H,5-8,11H2. The number of aromatic nitrogens is 1. The van der Waals surface area contributed by atoms with E-state index in [1.165, 1.54) is 14.6 Å². The molecule has 5 rings (SSSR count). The van der Waals surface area contributed by atoms with Crippen LogP contribution in [-0.2, 0) is 4.79 Å². The highest BCUT2D eigenvalue weighted by Gasteiger charge is 2.35. The van der Waals surface area contributed by atoms with Gasteiger partial charge in [0.1, 0.15) is 6.04 Å². The molecule has 2 fully saturated rings. The summed E-state index contributed by atoms with van der Waals surface area (Å²) in [6, 6.07) is 10.1. The first-order valence-corrected chi connectivity index (χ1v) is 11.6. The molecule has 3 aromatic rings. The Morgan fingerprint density at radius 2 is 2.07 bits per heavy atom. The van der Waals surface area contributed by atoms with E-state index in [1.54, 1.807) is 22.7 Å². The average Bonchev–Trinajstić information content (AvgIpc) is 3.46. The molecular formula is C20H21ClN4OS2. The normalized spacial score (nSPS) is 23.5. The number of carbonyl (C=O) groups excluding carboxylic acids is 1. The van der Waals surface area contributed by atoms with Crippen molar-refractivity contribution in [2.75, 3.05) is 13.1 Å². The van der Waals surface area contributed by atoms with E-state index in [-0.39, 0.29) is 18.0 Å². The third kappa shape index (κ3) is 3.57. The number of fused-ring (bicyclic) bond motifs is 1. The molecule has 5 nitrogen and oxygen atoms in total. The fourth-order valence-corrected chi connectivity index (χ4v) is 6.13. The van der Waals surface area contributed by atoms with Gasteiger partial charge < -0.3 is 4.90 Å². The Morgan fingerprint density at radius 1 is 1.21 bits per heavy atom. The van der Waals surface area contributed by atoms with Gasteiger partial charge in [-0.25, -0.2) is 15.8 Å². The van der Waals surface area contributed by atoms with Crippen LogP contribution >= 0.6 is 34.3 Å². The van der Waals surface area contributed by atoms with Gasteiger partial charge in [0, 0.05) is 28.9 Å². The molecule has 0 spiro atoms. The molecule has 1 aromatic carbocycles. The molecule has 0 aliphatic carbocycles. The van der Waals surface area contributed by atoms with E-state index in [9.17, 15) is 4.79 Å². The number of hydrogen-bond acceptors (Lipinski definition) is 6. The number of carbonyl (C=O) groups is 1. The first-order valence-electron chi connectivity index (χ1n) is 9.56. The van der Waals surface area contributed by atoms with Gasteiger partial charge >= 0.3 is 0 Å². The first kappa shape index (κ1) is 18.5. The molecule has 28 heavy (non-hydrogen) atoms. The van der Waals surface area contributed by atoms with Gasteiger partial charge in [-0.15, -0.1) is 22.7 Å². The van der Waals surface area contributed by atoms with Crippen LogP contribution in [0, 0.1) is 0 Å². The SMILES string of the molecule is O=C(C1CC(c2cccs2)NN1)N1CCC(c2nc3cc(Cl)ccc3s2)CC1. The molecule has 2 aliphatic heterocycles. The minimum atomic E-state index is -0.145. The van der Waals surface area contributed by atoms with Gasteiger partial charge in [0.05, 0.1) is 21.3 Å². The number of rotatable bonds is 3. The van der Waals surface area contributed by atoms with Gasteiger partial charge in [-0.2, -0.15) is 0 Å². The number of piperidine rings is 1. The number of thiophene rings is 1. The maximum atomic E-state index is 12.9. The van der Waals surface area contributed by atoms with Crippen molar-refractivity contribution < 1.29 is 4.79 Å². The maximum absolute atomic E-state index is 12.9. The van der Waals surface area contributed by atoms with Crippen LogP contribution in [0.4, 0.5) is 0 Å². The molecule has 2 aromatic heterocycles. The zero-order valence-corrected chi connectivity index (χ0v) is 17.6. The molecule has 2 saturated heterocycles. The third-order valence-electron chi connectivity index (χ3n) is 5.61. The van der Waals surface area contributed by atoms with Crippen molar-refractivity contribution in [3.05, 3.63) is 50.6 Å². The van der Waals surface area contributed by atoms with Crippen molar-refractivity contribution in [3.8, 4) is 0 Å². The Labute approximate surface area is 176 Å². The van der Waals surface area contributed by atoms with E-state index in [0.717, 1.165) is 42.9 Å². The van der Waals surface area contributed by atoms with E-state index in [4.69, 9.17) is 16.6 Å². The van der Waals surface area contributed by atoms with Crippen molar-refractivity contribution in [2.45, 2.75) is 37.3 Å². The first-order chi connectivity index (χ1) is 13.7. The van der Waals surface area contributed by atoms with Crippen LogP contribution in [-0.4, -0.2) is 34.9 Å². The van der Waals surface area contributed by atoms with Gasteiger partial charge in [-0.3, -0.25) is 4.79 Å². The number of thiazole rings is 1. The Kier molecular flexibility index (Phi) is 5.11. The van der Waals surface area contributed by atoms with Crippen LogP contribution in [0.15, 0.2) is 35.7 Å². The van der Waals surface area contributed by atoms with Gasteiger partial charge in [0.2, 0.25) is 5.91 Å². The number of hydrazine groups is 1. The summed E-state index contributed by atoms with van der Waals surface area (Å²) in [6.07, 6.45) is 2.74. The fourth-order valence-electron chi connectivity index (χ4n) is 4.05. The highest BCUT2D eigenvalue weighted by atomic mass is 35.5. The minimum Gasteiger partial charge on any atom is -0.341 e. The van der Waals surface area contributed by atoms with Gasteiger partial charge in [-0.1, -0.05) is 17.7 Å². The quantitative estimate of drug-likeness (QED) is 0.647. The van der Waals surface area contributed by atoms with E-state index in [2.05, 4.69) is 28.4 Å². The molecule has 0 bridgehead atoms. The molecular weight excluding hydrogens is 412 g/mol. The number of halogens is 1. The lowest BCUT2D eigenvalue weighted by Gasteiger charge is -2.32. The summed E-state index contributed by atoms with van der Waals surface area (Å²) in [4.78, 5) is 21.0. The van der Waals surface area contributed by atoms with Crippen LogP contribution in [0.1, 0.15) is 41.1 Å². The maximum Gasteiger partial charge on any atom is 0.241 e. The molecule has 8 heteroatoms. The second-order valence-corrected chi connectivity index (χ2v) is 9.89. The lowest BCUT2D eigenvalue weighted by molar-refractivity contribution is -0.134. The smallest absolute Gasteiger partial charge is 0.241 e. The van der Waals surface area contributed by atoms with Crippen LogP contribution in [0.2, 0.25) is 5.02 Å². The molecule has 0 radical (unpaired) electrons. The second-order valence-electron chi connectivity index (χ2n) is 7.41. The van der Waals surface area contributed by atoms with Crippen molar-refractivity contribution in [1.82, 2.24) is 20.7 Å². The number of nitrogens with zero attached hydrogens (tertiary/aromatic N) is 2. The highest BCUT2D eigenvalue weighted by molar-refractivity contribution is 7.18. The molecule has 146 valence electrons. The molecule has 2 atom stereocenters. The van der Waals surface area contributed by atoms with Crippen molar-refractivity contribution >= 4 is 50.4 Å². The molecule has 2 unspecified atom stereocenters. The average molecular weight is 433 g/mol. The predicted octanol–water partition coefficient (Wildman–Crippen LogP) is 4.33. The largest absolute Gasteiger partial charge is 0.341 e. The zero-order chi connectivity index (χ0) is 19.1. The topological polar surface area (TPSA) is 57.3 Å². The summed E-state index contributed by atoms with van der Waals surface area (Å²) < 4.78 is 1.18. The van der Waals surface area contributed by atoms with E-state index < -0.39 is 0 Å². The zero-order valence-electron chi connectivity index (χ0n) is 15.2. The third-order valence-corrected chi connectivity index (χ3v) is 8.03. The van der Waals surface area contributed by atoms with E-state index >= 15 is 0 Å². The summed E-state index contributed by atoms with van der Waals surface area (Å²) in [5, 5.41) is 3.97. The Hall–Kier alpha value is -1.51. The lowest BCUT2D eigenvalue weighted by Crippen LogP contribution is -2.48. The molecule has 2 N–H and O–H groups in total. The van der Waals surface area contributed by atoms with Crippen molar-refractivity contribution in [1.29, 1.82) is 0 Å².